The molecule has 2 aromatic carbocycles. The van der Waals surface area contributed by atoms with Crippen LogP contribution in [0.4, 0.5) is 17.1 Å². The third-order valence-corrected chi connectivity index (χ3v) is 7.73. The van der Waals surface area contributed by atoms with Crippen LogP contribution in [-0.2, 0) is 16.4 Å². The summed E-state index contributed by atoms with van der Waals surface area (Å²) in [7, 11) is -3.91. The van der Waals surface area contributed by atoms with Gasteiger partial charge in [-0.3, -0.25) is 19.5 Å². The zero-order valence-corrected chi connectivity index (χ0v) is 21.9. The number of anilines is 2. The lowest BCUT2D eigenvalue weighted by atomic mass is 10.1. The second-order valence-corrected chi connectivity index (χ2v) is 10.3. The molecule has 1 fully saturated rings. The number of piperazine rings is 1. The predicted octanol–water partition coefficient (Wildman–Crippen LogP) is 4.77. The van der Waals surface area contributed by atoms with Crippen LogP contribution in [0.15, 0.2) is 76.8 Å². The molecule has 1 amide bonds. The Labute approximate surface area is 218 Å². The number of aliphatic imine (C=N–C) groups is 1. The van der Waals surface area contributed by atoms with Gasteiger partial charge in [-0.2, -0.15) is 0 Å². The molecule has 0 spiro atoms. The van der Waals surface area contributed by atoms with E-state index in [1.54, 1.807) is 42.5 Å². The molecule has 0 atom stereocenters. The van der Waals surface area contributed by atoms with Gasteiger partial charge in [0.25, 0.3) is 15.9 Å². The molecule has 4 rings (SSSR count). The van der Waals surface area contributed by atoms with Crippen molar-refractivity contribution >= 4 is 45.8 Å². The number of nitrogens with one attached hydrogen (secondary N) is 1. The molecule has 0 bridgehead atoms. The predicted molar refractivity (Wildman–Crippen MR) is 149 cm³/mol. The van der Waals surface area contributed by atoms with Crippen molar-refractivity contribution in [2.24, 2.45) is 4.99 Å². The fraction of sp³-hybridized carbons (Fsp3) is 0.250. The SMILES string of the molecule is C=Nc1c(/C=C\C)cccc1S(=O)(=O)Nc1ccc(C(=O)N2CCN(c3cccnc3CC)CC2)cc1. The van der Waals surface area contributed by atoms with Gasteiger partial charge in [-0.05, 0) is 62.5 Å². The van der Waals surface area contributed by atoms with E-state index in [9.17, 15) is 13.2 Å². The summed E-state index contributed by atoms with van der Waals surface area (Å²) < 4.78 is 28.8. The third-order valence-electron chi connectivity index (χ3n) is 6.32. The summed E-state index contributed by atoms with van der Waals surface area (Å²) in [5, 5.41) is 0. The number of carbonyl (C=O) groups is 1. The van der Waals surface area contributed by atoms with Crippen molar-refractivity contribution < 1.29 is 13.2 Å². The molecule has 2 heterocycles. The van der Waals surface area contributed by atoms with Gasteiger partial charge in [-0.15, -0.1) is 0 Å². The number of allylic oxidation sites excluding steroid dienone is 1. The van der Waals surface area contributed by atoms with Crippen molar-refractivity contribution in [3.8, 4) is 0 Å². The van der Waals surface area contributed by atoms with E-state index < -0.39 is 10.0 Å². The van der Waals surface area contributed by atoms with E-state index in [0.29, 0.717) is 29.9 Å². The molecule has 1 aliphatic heterocycles. The Morgan fingerprint density at radius 2 is 1.81 bits per heavy atom. The zero-order valence-electron chi connectivity index (χ0n) is 21.1. The van der Waals surface area contributed by atoms with E-state index in [0.717, 1.165) is 30.9 Å². The molecule has 0 unspecified atom stereocenters. The van der Waals surface area contributed by atoms with Crippen LogP contribution in [0.25, 0.3) is 6.08 Å². The van der Waals surface area contributed by atoms with Crippen LogP contribution >= 0.6 is 0 Å². The summed E-state index contributed by atoms with van der Waals surface area (Å²) in [5.74, 6) is -0.0758. The lowest BCUT2D eigenvalue weighted by molar-refractivity contribution is 0.0746. The minimum Gasteiger partial charge on any atom is -0.367 e. The highest BCUT2D eigenvalue weighted by molar-refractivity contribution is 7.92. The molecule has 1 saturated heterocycles. The molecule has 8 nitrogen and oxygen atoms in total. The number of carbonyl (C=O) groups excluding carboxylic acids is 1. The van der Waals surface area contributed by atoms with Gasteiger partial charge in [-0.1, -0.05) is 31.2 Å². The molecule has 0 aliphatic carbocycles. The summed E-state index contributed by atoms with van der Waals surface area (Å²) in [5.41, 5.74) is 4.00. The van der Waals surface area contributed by atoms with E-state index in [4.69, 9.17) is 0 Å². The highest BCUT2D eigenvalue weighted by Crippen LogP contribution is 2.31. The number of benzene rings is 2. The molecular weight excluding hydrogens is 486 g/mol. The molecule has 0 radical (unpaired) electrons. The van der Waals surface area contributed by atoms with Gasteiger partial charge in [0.15, 0.2) is 0 Å². The molecule has 0 saturated carbocycles. The van der Waals surface area contributed by atoms with Crippen molar-refractivity contribution in [2.45, 2.75) is 25.2 Å². The normalized spacial score (nSPS) is 14.1. The van der Waals surface area contributed by atoms with Crippen LogP contribution in [0.3, 0.4) is 0 Å². The molecule has 1 N–H and O–H groups in total. The number of hydrogen-bond donors (Lipinski definition) is 1. The number of rotatable bonds is 8. The van der Waals surface area contributed by atoms with Crippen molar-refractivity contribution in [2.75, 3.05) is 35.8 Å². The van der Waals surface area contributed by atoms with Gasteiger partial charge in [0.1, 0.15) is 4.90 Å². The summed E-state index contributed by atoms with van der Waals surface area (Å²) in [6, 6.07) is 15.4. The first-order valence-corrected chi connectivity index (χ1v) is 13.7. The Kier molecular flexibility index (Phi) is 8.03. The minimum absolute atomic E-state index is 0.0379. The number of nitrogens with zero attached hydrogens (tertiary/aromatic N) is 4. The fourth-order valence-electron chi connectivity index (χ4n) is 4.45. The van der Waals surface area contributed by atoms with E-state index in [-0.39, 0.29) is 16.5 Å². The largest absolute Gasteiger partial charge is 0.367 e. The van der Waals surface area contributed by atoms with Crippen molar-refractivity contribution in [1.29, 1.82) is 0 Å². The number of pyridine rings is 1. The molecular formula is C28H31N5O3S. The smallest absolute Gasteiger partial charge is 0.264 e. The van der Waals surface area contributed by atoms with Crippen molar-refractivity contribution in [1.82, 2.24) is 9.88 Å². The van der Waals surface area contributed by atoms with E-state index in [1.807, 2.05) is 30.2 Å². The van der Waals surface area contributed by atoms with Crippen LogP contribution in [0.2, 0.25) is 0 Å². The highest BCUT2D eigenvalue weighted by atomic mass is 32.2. The Morgan fingerprint density at radius 3 is 2.46 bits per heavy atom. The standard InChI is InChI=1S/C28H31N5O3S/c1-4-8-21-9-6-11-26(27(21)29-3)37(35,36)31-23-14-12-22(13-15-23)28(34)33-19-17-32(18-20-33)25-10-7-16-30-24(25)5-2/h4,6-16,31H,3,5,17-20H2,1-2H3/b8-4-. The van der Waals surface area contributed by atoms with Gasteiger partial charge < -0.3 is 9.80 Å². The summed E-state index contributed by atoms with van der Waals surface area (Å²) in [6.45, 7) is 10.1. The monoisotopic (exact) mass is 517 g/mol. The second kappa shape index (κ2) is 11.4. The number of amides is 1. The fourth-order valence-corrected chi connectivity index (χ4v) is 5.70. The average molecular weight is 518 g/mol. The molecule has 3 aromatic rings. The number of sulfonamides is 1. The lowest BCUT2D eigenvalue weighted by Crippen LogP contribution is -2.49. The first-order chi connectivity index (χ1) is 17.9. The number of aryl methyl sites for hydroxylation is 1. The average Bonchev–Trinajstić information content (AvgIpc) is 2.93. The quantitative estimate of drug-likeness (QED) is 0.434. The van der Waals surface area contributed by atoms with Gasteiger partial charge in [-0.25, -0.2) is 8.42 Å². The topological polar surface area (TPSA) is 95.0 Å². The van der Waals surface area contributed by atoms with E-state index in [2.05, 4.69) is 39.3 Å². The maximum atomic E-state index is 13.1. The molecule has 1 aromatic heterocycles. The van der Waals surface area contributed by atoms with Gasteiger partial charge in [0.05, 0.1) is 17.1 Å². The Bertz CT molecular complexity index is 1410. The summed E-state index contributed by atoms with van der Waals surface area (Å²) >= 11 is 0. The second-order valence-electron chi connectivity index (χ2n) is 8.64. The van der Waals surface area contributed by atoms with Gasteiger partial charge >= 0.3 is 0 Å². The Morgan fingerprint density at radius 1 is 1.08 bits per heavy atom. The molecule has 9 heteroatoms. The van der Waals surface area contributed by atoms with Crippen LogP contribution < -0.4 is 9.62 Å². The van der Waals surface area contributed by atoms with Gasteiger partial charge in [0, 0.05) is 49.2 Å². The van der Waals surface area contributed by atoms with Crippen molar-refractivity contribution in [3.63, 3.8) is 0 Å². The first-order valence-electron chi connectivity index (χ1n) is 12.2. The van der Waals surface area contributed by atoms with E-state index >= 15 is 0 Å². The lowest BCUT2D eigenvalue weighted by Gasteiger charge is -2.36. The van der Waals surface area contributed by atoms with Crippen molar-refractivity contribution in [3.05, 3.63) is 83.7 Å². The maximum absolute atomic E-state index is 13.1. The first kappa shape index (κ1) is 26.1. The molecule has 1 aliphatic rings. The van der Waals surface area contributed by atoms with Crippen LogP contribution in [0.1, 0.15) is 35.5 Å². The van der Waals surface area contributed by atoms with Crippen LogP contribution in [-0.4, -0.2) is 57.1 Å². The number of aromatic nitrogens is 1. The van der Waals surface area contributed by atoms with E-state index in [1.165, 1.54) is 6.07 Å². The Hall–Kier alpha value is -3.98. The van der Waals surface area contributed by atoms with Crippen LogP contribution in [0, 0.1) is 0 Å². The summed E-state index contributed by atoms with van der Waals surface area (Å²) in [4.78, 5) is 25.6. The minimum atomic E-state index is -3.91. The van der Waals surface area contributed by atoms with Gasteiger partial charge in [0.2, 0.25) is 0 Å². The van der Waals surface area contributed by atoms with Crippen LogP contribution in [0.5, 0.6) is 0 Å². The maximum Gasteiger partial charge on any atom is 0.264 e. The molecule has 192 valence electrons. The number of hydrogen-bond acceptors (Lipinski definition) is 6. The Balaban J connectivity index is 1.43. The molecule has 37 heavy (non-hydrogen) atoms. The third kappa shape index (κ3) is 5.72. The zero-order chi connectivity index (χ0) is 26.4. The highest BCUT2D eigenvalue weighted by Gasteiger charge is 2.24. The number of para-hydroxylation sites is 1. The summed E-state index contributed by atoms with van der Waals surface area (Å²) in [6.07, 6.45) is 6.26.